The van der Waals surface area contributed by atoms with Gasteiger partial charge in [0.25, 0.3) is 0 Å². The van der Waals surface area contributed by atoms with Gasteiger partial charge in [-0.3, -0.25) is 10.1 Å². The SMILES string of the molecule is Cn1c(CNS(=O)(=O)c2cccc(OC3CCCC3)c2)ccc1CN1CC(=O)NC1=O. The third kappa shape index (κ3) is 4.91. The van der Waals surface area contributed by atoms with Gasteiger partial charge in [0.05, 0.1) is 24.1 Å². The molecule has 1 aliphatic carbocycles. The van der Waals surface area contributed by atoms with Gasteiger partial charge in [-0.05, 0) is 49.9 Å². The second-order valence-electron chi connectivity index (χ2n) is 7.91. The lowest BCUT2D eigenvalue weighted by molar-refractivity contribution is -0.118. The summed E-state index contributed by atoms with van der Waals surface area (Å²) in [5, 5.41) is 2.24. The predicted octanol–water partition coefficient (Wildman–Crippen LogP) is 1.88. The van der Waals surface area contributed by atoms with Gasteiger partial charge in [0, 0.05) is 24.5 Å². The number of amides is 3. The molecule has 1 saturated heterocycles. The Labute approximate surface area is 181 Å². The molecule has 0 radical (unpaired) electrons. The van der Waals surface area contributed by atoms with E-state index in [0.29, 0.717) is 5.75 Å². The second kappa shape index (κ2) is 8.72. The van der Waals surface area contributed by atoms with Crippen LogP contribution >= 0.6 is 0 Å². The number of hydrogen-bond acceptors (Lipinski definition) is 5. The number of benzene rings is 1. The van der Waals surface area contributed by atoms with Crippen molar-refractivity contribution < 1.29 is 22.7 Å². The number of sulfonamides is 1. The minimum atomic E-state index is -3.72. The highest BCUT2D eigenvalue weighted by Crippen LogP contribution is 2.25. The fourth-order valence-corrected chi connectivity index (χ4v) is 4.94. The Hall–Kier alpha value is -2.85. The molecule has 1 aliphatic heterocycles. The van der Waals surface area contributed by atoms with E-state index in [2.05, 4.69) is 10.0 Å². The van der Waals surface area contributed by atoms with Gasteiger partial charge in [-0.1, -0.05) is 6.07 Å². The average Bonchev–Trinajstić information content (AvgIpc) is 3.44. The van der Waals surface area contributed by atoms with Crippen molar-refractivity contribution >= 4 is 22.0 Å². The quantitative estimate of drug-likeness (QED) is 0.602. The zero-order chi connectivity index (χ0) is 22.0. The molecule has 0 atom stereocenters. The molecule has 4 rings (SSSR count). The molecule has 2 N–H and O–H groups in total. The van der Waals surface area contributed by atoms with E-state index in [4.69, 9.17) is 4.74 Å². The first kappa shape index (κ1) is 21.4. The van der Waals surface area contributed by atoms with Crippen LogP contribution in [0.25, 0.3) is 0 Å². The molecule has 1 aromatic carbocycles. The summed E-state index contributed by atoms with van der Waals surface area (Å²) >= 11 is 0. The number of imide groups is 1. The first-order chi connectivity index (χ1) is 14.8. The average molecular weight is 447 g/mol. The first-order valence-electron chi connectivity index (χ1n) is 10.3. The summed E-state index contributed by atoms with van der Waals surface area (Å²) in [4.78, 5) is 24.6. The van der Waals surface area contributed by atoms with Crippen LogP contribution < -0.4 is 14.8 Å². The summed E-state index contributed by atoms with van der Waals surface area (Å²) < 4.78 is 36.0. The first-order valence-corrected chi connectivity index (χ1v) is 11.8. The smallest absolute Gasteiger partial charge is 0.324 e. The van der Waals surface area contributed by atoms with Crippen LogP contribution in [0.15, 0.2) is 41.3 Å². The summed E-state index contributed by atoms with van der Waals surface area (Å²) in [6.07, 6.45) is 4.43. The molecule has 2 aromatic rings. The van der Waals surface area contributed by atoms with Crippen molar-refractivity contribution in [3.05, 3.63) is 47.8 Å². The second-order valence-corrected chi connectivity index (χ2v) is 9.68. The number of aromatic nitrogens is 1. The molecule has 0 unspecified atom stereocenters. The largest absolute Gasteiger partial charge is 0.490 e. The van der Waals surface area contributed by atoms with Gasteiger partial charge < -0.3 is 14.2 Å². The van der Waals surface area contributed by atoms with Crippen molar-refractivity contribution in [1.82, 2.24) is 19.5 Å². The van der Waals surface area contributed by atoms with E-state index in [9.17, 15) is 18.0 Å². The van der Waals surface area contributed by atoms with E-state index < -0.39 is 16.1 Å². The van der Waals surface area contributed by atoms with Crippen molar-refractivity contribution in [2.24, 2.45) is 7.05 Å². The number of carbonyl (C=O) groups is 2. The Morgan fingerprint density at radius 3 is 2.58 bits per heavy atom. The van der Waals surface area contributed by atoms with Gasteiger partial charge in [0.1, 0.15) is 12.3 Å². The minimum Gasteiger partial charge on any atom is -0.490 e. The number of nitrogens with zero attached hydrogens (tertiary/aromatic N) is 2. The Morgan fingerprint density at radius 1 is 1.13 bits per heavy atom. The zero-order valence-corrected chi connectivity index (χ0v) is 18.2. The number of ether oxygens (including phenoxy) is 1. The van der Waals surface area contributed by atoms with Gasteiger partial charge in [-0.2, -0.15) is 0 Å². The van der Waals surface area contributed by atoms with E-state index in [1.54, 1.807) is 37.4 Å². The van der Waals surface area contributed by atoms with E-state index in [0.717, 1.165) is 37.1 Å². The maximum Gasteiger partial charge on any atom is 0.324 e. The number of carbonyl (C=O) groups excluding carboxylic acids is 2. The lowest BCUT2D eigenvalue weighted by atomic mass is 10.3. The Kier molecular flexibility index (Phi) is 6.01. The molecule has 9 nitrogen and oxygen atoms in total. The van der Waals surface area contributed by atoms with Crippen molar-refractivity contribution in [3.63, 3.8) is 0 Å². The molecule has 31 heavy (non-hydrogen) atoms. The molecule has 10 heteroatoms. The third-order valence-electron chi connectivity index (χ3n) is 5.71. The molecule has 2 aliphatic rings. The van der Waals surface area contributed by atoms with Crippen LogP contribution in [0.2, 0.25) is 0 Å². The fourth-order valence-electron chi connectivity index (χ4n) is 3.91. The van der Waals surface area contributed by atoms with E-state index in [-0.39, 0.29) is 36.5 Å². The summed E-state index contributed by atoms with van der Waals surface area (Å²) in [5.74, 6) is 0.237. The molecule has 0 spiro atoms. The number of urea groups is 1. The molecule has 2 fully saturated rings. The topological polar surface area (TPSA) is 110 Å². The molecule has 1 saturated carbocycles. The van der Waals surface area contributed by atoms with Gasteiger partial charge in [0.15, 0.2) is 0 Å². The van der Waals surface area contributed by atoms with Crippen molar-refractivity contribution in [3.8, 4) is 5.75 Å². The molecule has 166 valence electrons. The van der Waals surface area contributed by atoms with Crippen LogP contribution in [0.5, 0.6) is 5.75 Å². The Morgan fingerprint density at radius 2 is 1.87 bits per heavy atom. The highest BCUT2D eigenvalue weighted by atomic mass is 32.2. The normalized spacial score (nSPS) is 17.4. The van der Waals surface area contributed by atoms with Crippen LogP contribution in [-0.2, 0) is 35.0 Å². The number of nitrogens with one attached hydrogen (secondary N) is 2. The molecular formula is C21H26N4O5S. The molecule has 2 heterocycles. The molecule has 0 bridgehead atoms. The van der Waals surface area contributed by atoms with Gasteiger partial charge in [0.2, 0.25) is 15.9 Å². The fraction of sp³-hybridized carbons (Fsp3) is 0.429. The standard InChI is InChI=1S/C21H26N4O5S/c1-24-15(9-10-16(24)13-25-14-20(26)23-21(25)27)12-22-31(28,29)19-8-4-7-18(11-19)30-17-5-2-3-6-17/h4,7-11,17,22H,2-3,5-6,12-14H2,1H3,(H,23,26,27). The predicted molar refractivity (Wildman–Crippen MR) is 113 cm³/mol. The Bertz CT molecular complexity index is 1090. The van der Waals surface area contributed by atoms with Gasteiger partial charge in [-0.15, -0.1) is 0 Å². The van der Waals surface area contributed by atoms with Gasteiger partial charge in [-0.25, -0.2) is 17.9 Å². The molecule has 3 amide bonds. The monoisotopic (exact) mass is 446 g/mol. The molecule has 1 aromatic heterocycles. The highest BCUT2D eigenvalue weighted by molar-refractivity contribution is 7.89. The van der Waals surface area contributed by atoms with Crippen LogP contribution in [0.1, 0.15) is 37.1 Å². The number of hydrogen-bond donors (Lipinski definition) is 2. The van der Waals surface area contributed by atoms with E-state index >= 15 is 0 Å². The van der Waals surface area contributed by atoms with E-state index in [1.165, 1.54) is 4.90 Å². The van der Waals surface area contributed by atoms with Crippen molar-refractivity contribution in [2.75, 3.05) is 6.54 Å². The minimum absolute atomic E-state index is 0.0191. The van der Waals surface area contributed by atoms with Crippen molar-refractivity contribution in [1.29, 1.82) is 0 Å². The third-order valence-corrected chi connectivity index (χ3v) is 7.11. The molecular weight excluding hydrogens is 420 g/mol. The van der Waals surface area contributed by atoms with E-state index in [1.807, 2.05) is 10.6 Å². The van der Waals surface area contributed by atoms with Crippen molar-refractivity contribution in [2.45, 2.75) is 49.8 Å². The lowest BCUT2D eigenvalue weighted by Crippen LogP contribution is -2.29. The Balaban J connectivity index is 1.40. The van der Waals surface area contributed by atoms with Gasteiger partial charge >= 0.3 is 6.03 Å². The summed E-state index contributed by atoms with van der Waals surface area (Å²) in [6.45, 7) is 0.379. The number of rotatable bonds is 8. The maximum absolute atomic E-state index is 12.8. The van der Waals surface area contributed by atoms with Crippen LogP contribution in [0.3, 0.4) is 0 Å². The summed E-state index contributed by atoms with van der Waals surface area (Å²) in [6, 6.07) is 9.75. The summed E-state index contributed by atoms with van der Waals surface area (Å²) in [7, 11) is -1.93. The highest BCUT2D eigenvalue weighted by Gasteiger charge is 2.27. The summed E-state index contributed by atoms with van der Waals surface area (Å²) in [5.41, 5.74) is 1.54. The maximum atomic E-state index is 12.8. The van der Waals surface area contributed by atoms with Crippen LogP contribution in [0, 0.1) is 0 Å². The van der Waals surface area contributed by atoms with Crippen LogP contribution in [0.4, 0.5) is 4.79 Å². The zero-order valence-electron chi connectivity index (χ0n) is 17.3. The van der Waals surface area contributed by atoms with Crippen LogP contribution in [-0.4, -0.2) is 42.5 Å². The lowest BCUT2D eigenvalue weighted by Gasteiger charge is -2.15.